The van der Waals surface area contributed by atoms with E-state index in [0.717, 1.165) is 31.5 Å². The summed E-state index contributed by atoms with van der Waals surface area (Å²) in [6.07, 6.45) is 4.38. The minimum absolute atomic E-state index is 0.0866. The number of rotatable bonds is 3. The number of hydrogen-bond acceptors (Lipinski definition) is 5. The molecule has 0 saturated carbocycles. The van der Waals surface area contributed by atoms with Crippen LogP contribution in [-0.4, -0.2) is 39.3 Å². The van der Waals surface area contributed by atoms with Crippen molar-refractivity contribution in [3.05, 3.63) is 17.5 Å². The lowest BCUT2D eigenvalue weighted by Gasteiger charge is -2.29. The first-order valence-corrected chi connectivity index (χ1v) is 7.05. The molecule has 1 aliphatic rings. The predicted molar refractivity (Wildman–Crippen MR) is 79.3 cm³/mol. The summed E-state index contributed by atoms with van der Waals surface area (Å²) in [6.45, 7) is 2.89. The van der Waals surface area contributed by atoms with E-state index in [1.165, 1.54) is 6.42 Å². The molecular weight excluding hydrogens is 260 g/mol. The van der Waals surface area contributed by atoms with Crippen molar-refractivity contribution in [2.24, 2.45) is 5.73 Å². The maximum Gasteiger partial charge on any atom is 0.226 e. The summed E-state index contributed by atoms with van der Waals surface area (Å²) in [4.78, 5) is 11.3. The summed E-state index contributed by atoms with van der Waals surface area (Å²) >= 11 is 4.99. The molecule has 5 nitrogen and oxygen atoms in total. The summed E-state index contributed by atoms with van der Waals surface area (Å²) in [6, 6.07) is 1.88. The smallest absolute Gasteiger partial charge is 0.226 e. The van der Waals surface area contributed by atoms with E-state index in [1.807, 2.05) is 6.92 Å². The first kappa shape index (κ1) is 14.1. The van der Waals surface area contributed by atoms with Crippen LogP contribution in [-0.2, 0) is 0 Å². The largest absolute Gasteiger partial charge is 0.394 e. The number of aliphatic hydroxyl groups is 1. The third-order valence-electron chi connectivity index (χ3n) is 3.44. The van der Waals surface area contributed by atoms with Gasteiger partial charge in [-0.05, 0) is 25.8 Å². The van der Waals surface area contributed by atoms with Crippen LogP contribution in [0, 0.1) is 6.92 Å². The van der Waals surface area contributed by atoms with Gasteiger partial charge < -0.3 is 15.7 Å². The lowest BCUT2D eigenvalue weighted by molar-refractivity contribution is 0.254. The van der Waals surface area contributed by atoms with Crippen LogP contribution in [0.1, 0.15) is 37.1 Å². The van der Waals surface area contributed by atoms with Gasteiger partial charge in [0.15, 0.2) is 0 Å². The average molecular weight is 280 g/mol. The zero-order chi connectivity index (χ0) is 13.8. The number of thiocarbonyl (C=S) groups is 1. The zero-order valence-corrected chi connectivity index (χ0v) is 12.0. The number of aliphatic hydroxyl groups excluding tert-OH is 1. The average Bonchev–Trinajstić information content (AvgIpc) is 2.62. The molecule has 6 heteroatoms. The Bertz CT molecular complexity index is 466. The molecule has 1 unspecified atom stereocenters. The molecule has 1 aromatic heterocycles. The van der Waals surface area contributed by atoms with E-state index < -0.39 is 0 Å². The highest BCUT2D eigenvalue weighted by atomic mass is 32.1. The zero-order valence-electron chi connectivity index (χ0n) is 11.2. The van der Waals surface area contributed by atoms with Crippen LogP contribution < -0.4 is 10.6 Å². The van der Waals surface area contributed by atoms with Crippen LogP contribution in [0.4, 0.5) is 5.95 Å². The van der Waals surface area contributed by atoms with Crippen molar-refractivity contribution < 1.29 is 5.11 Å². The highest BCUT2D eigenvalue weighted by Gasteiger charge is 2.23. The predicted octanol–water partition coefficient (Wildman–Crippen LogP) is 1.16. The van der Waals surface area contributed by atoms with E-state index in [1.54, 1.807) is 6.07 Å². The molecule has 2 rings (SSSR count). The van der Waals surface area contributed by atoms with Gasteiger partial charge in [-0.15, -0.1) is 0 Å². The third-order valence-corrected chi connectivity index (χ3v) is 3.65. The van der Waals surface area contributed by atoms with Crippen LogP contribution in [0.5, 0.6) is 0 Å². The second-order valence-electron chi connectivity index (χ2n) is 4.94. The molecule has 3 N–H and O–H groups in total. The van der Waals surface area contributed by atoms with Crippen molar-refractivity contribution in [1.29, 1.82) is 0 Å². The summed E-state index contributed by atoms with van der Waals surface area (Å²) in [7, 11) is 0. The van der Waals surface area contributed by atoms with E-state index in [9.17, 15) is 5.11 Å². The molecule has 0 spiro atoms. The van der Waals surface area contributed by atoms with Gasteiger partial charge in [0, 0.05) is 12.2 Å². The molecule has 0 radical (unpaired) electrons. The molecule has 0 aliphatic carbocycles. The van der Waals surface area contributed by atoms with E-state index in [2.05, 4.69) is 14.9 Å². The highest BCUT2D eigenvalue weighted by molar-refractivity contribution is 7.80. The van der Waals surface area contributed by atoms with E-state index in [4.69, 9.17) is 18.0 Å². The molecule has 2 heterocycles. The second kappa shape index (κ2) is 6.25. The van der Waals surface area contributed by atoms with Gasteiger partial charge >= 0.3 is 0 Å². The van der Waals surface area contributed by atoms with Crippen molar-refractivity contribution >= 4 is 23.2 Å². The van der Waals surface area contributed by atoms with Crippen LogP contribution in [0.3, 0.4) is 0 Å². The number of nitrogens with zero attached hydrogens (tertiary/aromatic N) is 3. The lowest BCUT2D eigenvalue weighted by atomic mass is 10.1. The van der Waals surface area contributed by atoms with Gasteiger partial charge in [0.2, 0.25) is 5.95 Å². The van der Waals surface area contributed by atoms with Crippen LogP contribution in [0.15, 0.2) is 6.07 Å². The van der Waals surface area contributed by atoms with Gasteiger partial charge in [-0.2, -0.15) is 0 Å². The Hall–Kier alpha value is -1.27. The maximum absolute atomic E-state index is 9.55. The molecule has 19 heavy (non-hydrogen) atoms. The topological polar surface area (TPSA) is 75.3 Å². The summed E-state index contributed by atoms with van der Waals surface area (Å²) in [5.41, 5.74) is 7.09. The third kappa shape index (κ3) is 3.39. The van der Waals surface area contributed by atoms with Crippen molar-refractivity contribution in [2.45, 2.75) is 38.6 Å². The number of aromatic nitrogens is 2. The van der Waals surface area contributed by atoms with Gasteiger partial charge in [0.1, 0.15) is 10.7 Å². The number of hydrogen-bond donors (Lipinski definition) is 2. The summed E-state index contributed by atoms with van der Waals surface area (Å²) < 4.78 is 0. The fraction of sp³-hybridized carbons (Fsp3) is 0.615. The Morgan fingerprint density at radius 3 is 2.95 bits per heavy atom. The minimum Gasteiger partial charge on any atom is -0.394 e. The van der Waals surface area contributed by atoms with Gasteiger partial charge in [-0.1, -0.05) is 25.1 Å². The molecule has 104 valence electrons. The van der Waals surface area contributed by atoms with E-state index in [0.29, 0.717) is 11.6 Å². The van der Waals surface area contributed by atoms with Crippen molar-refractivity contribution in [2.75, 3.05) is 18.1 Å². The number of aryl methyl sites for hydroxylation is 1. The highest BCUT2D eigenvalue weighted by Crippen LogP contribution is 2.21. The summed E-state index contributed by atoms with van der Waals surface area (Å²) in [5, 5.41) is 9.55. The minimum atomic E-state index is 0.0866. The van der Waals surface area contributed by atoms with Crippen molar-refractivity contribution in [1.82, 2.24) is 9.97 Å². The Labute approximate surface area is 118 Å². The van der Waals surface area contributed by atoms with Gasteiger partial charge in [0.05, 0.1) is 12.6 Å². The molecule has 1 fully saturated rings. The molecule has 1 aliphatic heterocycles. The van der Waals surface area contributed by atoms with Crippen LogP contribution >= 0.6 is 12.2 Å². The molecule has 1 saturated heterocycles. The molecule has 0 amide bonds. The van der Waals surface area contributed by atoms with Gasteiger partial charge in [0.25, 0.3) is 0 Å². The Morgan fingerprint density at radius 1 is 1.47 bits per heavy atom. The summed E-state index contributed by atoms with van der Waals surface area (Å²) in [5.74, 6) is 0.628. The normalized spacial score (nSPS) is 20.1. The first-order chi connectivity index (χ1) is 9.11. The molecule has 1 aromatic rings. The Balaban J connectivity index is 2.34. The monoisotopic (exact) mass is 280 g/mol. The fourth-order valence-electron chi connectivity index (χ4n) is 2.44. The van der Waals surface area contributed by atoms with E-state index >= 15 is 0 Å². The van der Waals surface area contributed by atoms with Gasteiger partial charge in [-0.3, -0.25) is 0 Å². The number of nitrogens with two attached hydrogens (primary N) is 1. The van der Waals surface area contributed by atoms with E-state index in [-0.39, 0.29) is 17.6 Å². The SMILES string of the molecule is Cc1cc(C(N)=S)nc(N2CCCCCC2CO)n1. The fourth-order valence-corrected chi connectivity index (χ4v) is 2.54. The van der Waals surface area contributed by atoms with Crippen LogP contribution in [0.25, 0.3) is 0 Å². The molecule has 0 bridgehead atoms. The Morgan fingerprint density at radius 2 is 2.26 bits per heavy atom. The lowest BCUT2D eigenvalue weighted by Crippen LogP contribution is -2.39. The van der Waals surface area contributed by atoms with Gasteiger partial charge in [-0.25, -0.2) is 9.97 Å². The molecule has 0 aromatic carbocycles. The standard InChI is InChI=1S/C13H20N4OS/c1-9-7-11(12(14)19)16-13(15-9)17-6-4-2-3-5-10(17)8-18/h7,10,18H,2-6,8H2,1H3,(H2,14,19). The Kier molecular flexibility index (Phi) is 4.66. The first-order valence-electron chi connectivity index (χ1n) is 6.65. The number of anilines is 1. The second-order valence-corrected chi connectivity index (χ2v) is 5.38. The van der Waals surface area contributed by atoms with Crippen molar-refractivity contribution in [3.63, 3.8) is 0 Å². The van der Waals surface area contributed by atoms with Crippen LogP contribution in [0.2, 0.25) is 0 Å². The molecular formula is C13H20N4OS. The van der Waals surface area contributed by atoms with Crippen molar-refractivity contribution in [3.8, 4) is 0 Å². The quantitative estimate of drug-likeness (QED) is 0.809. The molecule has 1 atom stereocenters. The maximum atomic E-state index is 9.55.